The van der Waals surface area contributed by atoms with Crippen LogP contribution < -0.4 is 5.32 Å². The van der Waals surface area contributed by atoms with Gasteiger partial charge in [0, 0.05) is 16.3 Å². The van der Waals surface area contributed by atoms with Gasteiger partial charge < -0.3 is 15.3 Å². The van der Waals surface area contributed by atoms with Gasteiger partial charge in [-0.1, -0.05) is 12.1 Å². The van der Waals surface area contributed by atoms with E-state index >= 15 is 0 Å². The second kappa shape index (κ2) is 7.05. The summed E-state index contributed by atoms with van der Waals surface area (Å²) in [6.45, 7) is 3.04. The van der Waals surface area contributed by atoms with Gasteiger partial charge in [0.15, 0.2) is 0 Å². The summed E-state index contributed by atoms with van der Waals surface area (Å²) in [7, 11) is 0. The quantitative estimate of drug-likeness (QED) is 0.896. The standard InChI is InChI=1S/C18H20N2O3S/c1-12-8-9-13(24-12)11-19-17(22)15-6-4-10-20(15)18(23)14-5-2-3-7-16(14)21/h2-3,5,7-9,15,21H,4,6,10-11H2,1H3,(H,19,22). The summed E-state index contributed by atoms with van der Waals surface area (Å²) in [4.78, 5) is 29.0. The third-order valence-electron chi connectivity index (χ3n) is 4.18. The monoisotopic (exact) mass is 344 g/mol. The molecule has 0 bridgehead atoms. The maximum absolute atomic E-state index is 12.6. The lowest BCUT2D eigenvalue weighted by atomic mass is 10.1. The lowest BCUT2D eigenvalue weighted by Gasteiger charge is -2.24. The van der Waals surface area contributed by atoms with Crippen LogP contribution in [-0.4, -0.2) is 34.4 Å². The fourth-order valence-corrected chi connectivity index (χ4v) is 3.79. The van der Waals surface area contributed by atoms with Crippen molar-refractivity contribution >= 4 is 23.2 Å². The highest BCUT2D eigenvalue weighted by Crippen LogP contribution is 2.24. The van der Waals surface area contributed by atoms with Gasteiger partial charge in [-0.2, -0.15) is 0 Å². The number of aromatic hydroxyl groups is 1. The first kappa shape index (κ1) is 16.5. The van der Waals surface area contributed by atoms with E-state index in [1.807, 2.05) is 19.1 Å². The summed E-state index contributed by atoms with van der Waals surface area (Å²) in [5.74, 6) is -0.484. The largest absolute Gasteiger partial charge is 0.507 e. The number of hydrogen-bond acceptors (Lipinski definition) is 4. The van der Waals surface area contributed by atoms with Crippen LogP contribution in [0.25, 0.3) is 0 Å². The molecule has 1 aromatic heterocycles. The van der Waals surface area contributed by atoms with Crippen molar-refractivity contribution in [3.05, 3.63) is 51.7 Å². The molecule has 1 aliphatic heterocycles. The van der Waals surface area contributed by atoms with Crippen LogP contribution in [0.2, 0.25) is 0 Å². The van der Waals surface area contributed by atoms with Crippen LogP contribution in [0, 0.1) is 6.92 Å². The topological polar surface area (TPSA) is 69.6 Å². The molecule has 1 saturated heterocycles. The van der Waals surface area contributed by atoms with E-state index in [0.717, 1.165) is 11.3 Å². The van der Waals surface area contributed by atoms with Crippen molar-refractivity contribution in [1.82, 2.24) is 10.2 Å². The minimum absolute atomic E-state index is 0.0531. The van der Waals surface area contributed by atoms with Gasteiger partial charge in [0.1, 0.15) is 11.8 Å². The fourth-order valence-electron chi connectivity index (χ4n) is 2.96. The van der Waals surface area contributed by atoms with Crippen LogP contribution in [0.15, 0.2) is 36.4 Å². The number of para-hydroxylation sites is 1. The van der Waals surface area contributed by atoms with Gasteiger partial charge >= 0.3 is 0 Å². The van der Waals surface area contributed by atoms with Gasteiger partial charge in [0.05, 0.1) is 12.1 Å². The summed E-state index contributed by atoms with van der Waals surface area (Å²) in [6.07, 6.45) is 1.43. The molecule has 2 aromatic rings. The normalized spacial score (nSPS) is 17.0. The number of hydrogen-bond donors (Lipinski definition) is 2. The maximum atomic E-state index is 12.6. The molecule has 2 heterocycles. The Morgan fingerprint density at radius 2 is 2.08 bits per heavy atom. The van der Waals surface area contributed by atoms with Crippen molar-refractivity contribution in [2.45, 2.75) is 32.4 Å². The van der Waals surface area contributed by atoms with E-state index in [1.165, 1.54) is 10.9 Å². The lowest BCUT2D eigenvalue weighted by Crippen LogP contribution is -2.45. The molecule has 24 heavy (non-hydrogen) atoms. The maximum Gasteiger partial charge on any atom is 0.258 e. The van der Waals surface area contributed by atoms with E-state index in [-0.39, 0.29) is 23.1 Å². The molecular formula is C18H20N2O3S. The van der Waals surface area contributed by atoms with Crippen molar-refractivity contribution in [3.63, 3.8) is 0 Å². The first-order valence-electron chi connectivity index (χ1n) is 7.98. The Kier molecular flexibility index (Phi) is 4.85. The van der Waals surface area contributed by atoms with E-state index in [1.54, 1.807) is 34.4 Å². The number of carbonyl (C=O) groups excluding carboxylic acids is 2. The molecule has 6 heteroatoms. The summed E-state index contributed by atoms with van der Waals surface area (Å²) < 4.78 is 0. The second-order valence-electron chi connectivity index (χ2n) is 5.90. The number of amides is 2. The number of likely N-dealkylation sites (tertiary alicyclic amines) is 1. The van der Waals surface area contributed by atoms with E-state index in [0.29, 0.717) is 19.5 Å². The molecular weight excluding hydrogens is 324 g/mol. The van der Waals surface area contributed by atoms with Gasteiger partial charge in [0.25, 0.3) is 5.91 Å². The number of rotatable bonds is 4. The molecule has 0 spiro atoms. The van der Waals surface area contributed by atoms with Crippen LogP contribution >= 0.6 is 11.3 Å². The summed E-state index contributed by atoms with van der Waals surface area (Å²) in [5, 5.41) is 12.8. The third kappa shape index (κ3) is 3.43. The van der Waals surface area contributed by atoms with Crippen LogP contribution in [-0.2, 0) is 11.3 Å². The molecule has 2 amide bonds. The fraction of sp³-hybridized carbons (Fsp3) is 0.333. The number of nitrogens with one attached hydrogen (secondary N) is 1. The Morgan fingerprint density at radius 1 is 1.29 bits per heavy atom. The minimum Gasteiger partial charge on any atom is -0.507 e. The molecule has 1 fully saturated rings. The molecule has 3 rings (SSSR count). The Bertz CT molecular complexity index is 756. The number of carbonyl (C=O) groups is 2. The van der Waals surface area contributed by atoms with Crippen molar-refractivity contribution in [1.29, 1.82) is 0 Å². The van der Waals surface area contributed by atoms with Crippen LogP contribution in [0.4, 0.5) is 0 Å². The number of nitrogens with zero attached hydrogens (tertiary/aromatic N) is 1. The third-order valence-corrected chi connectivity index (χ3v) is 5.18. The first-order valence-corrected chi connectivity index (χ1v) is 8.80. The summed E-state index contributed by atoms with van der Waals surface area (Å²) in [6, 6.07) is 9.99. The van der Waals surface area contributed by atoms with Crippen LogP contribution in [0.5, 0.6) is 5.75 Å². The Morgan fingerprint density at radius 3 is 2.79 bits per heavy atom. The average molecular weight is 344 g/mol. The highest BCUT2D eigenvalue weighted by Gasteiger charge is 2.35. The zero-order valence-corrected chi connectivity index (χ0v) is 14.3. The van der Waals surface area contributed by atoms with E-state index < -0.39 is 6.04 Å². The molecule has 2 N–H and O–H groups in total. The molecule has 1 aromatic carbocycles. The number of benzene rings is 1. The molecule has 1 atom stereocenters. The average Bonchev–Trinajstić information content (AvgIpc) is 3.21. The molecule has 5 nitrogen and oxygen atoms in total. The SMILES string of the molecule is Cc1ccc(CNC(=O)C2CCCN2C(=O)c2ccccc2O)s1. The smallest absolute Gasteiger partial charge is 0.258 e. The van der Waals surface area contributed by atoms with Gasteiger partial charge in [-0.05, 0) is 44.0 Å². The Hall–Kier alpha value is -2.34. The highest BCUT2D eigenvalue weighted by atomic mass is 32.1. The van der Waals surface area contributed by atoms with Crippen molar-refractivity contribution < 1.29 is 14.7 Å². The minimum atomic E-state index is -0.474. The predicted octanol–water partition coefficient (Wildman–Crippen LogP) is 2.68. The van der Waals surface area contributed by atoms with E-state index in [4.69, 9.17) is 0 Å². The number of phenolic OH excluding ortho intramolecular Hbond substituents is 1. The van der Waals surface area contributed by atoms with E-state index in [9.17, 15) is 14.7 Å². The molecule has 0 saturated carbocycles. The van der Waals surface area contributed by atoms with Crippen molar-refractivity contribution in [3.8, 4) is 5.75 Å². The molecule has 0 aliphatic carbocycles. The van der Waals surface area contributed by atoms with Crippen molar-refractivity contribution in [2.24, 2.45) is 0 Å². The number of phenols is 1. The zero-order valence-electron chi connectivity index (χ0n) is 13.5. The Labute approximate surface area is 144 Å². The van der Waals surface area contributed by atoms with Crippen molar-refractivity contribution in [2.75, 3.05) is 6.54 Å². The Balaban J connectivity index is 1.67. The highest BCUT2D eigenvalue weighted by molar-refractivity contribution is 7.11. The van der Waals surface area contributed by atoms with Gasteiger partial charge in [0.2, 0.25) is 5.91 Å². The van der Waals surface area contributed by atoms with Crippen LogP contribution in [0.1, 0.15) is 33.0 Å². The number of aryl methyl sites for hydroxylation is 1. The van der Waals surface area contributed by atoms with Gasteiger partial charge in [-0.25, -0.2) is 0 Å². The van der Waals surface area contributed by atoms with Crippen LogP contribution in [0.3, 0.4) is 0 Å². The predicted molar refractivity (Wildman–Crippen MR) is 93.1 cm³/mol. The number of thiophene rings is 1. The zero-order chi connectivity index (χ0) is 17.1. The van der Waals surface area contributed by atoms with Gasteiger partial charge in [-0.15, -0.1) is 11.3 Å². The van der Waals surface area contributed by atoms with Gasteiger partial charge in [-0.3, -0.25) is 9.59 Å². The summed E-state index contributed by atoms with van der Waals surface area (Å²) in [5.41, 5.74) is 0.242. The first-order chi connectivity index (χ1) is 11.6. The molecule has 0 radical (unpaired) electrons. The molecule has 126 valence electrons. The summed E-state index contributed by atoms with van der Waals surface area (Å²) >= 11 is 1.65. The molecule has 1 aliphatic rings. The van der Waals surface area contributed by atoms with E-state index in [2.05, 4.69) is 5.32 Å². The second-order valence-corrected chi connectivity index (χ2v) is 7.28. The lowest BCUT2D eigenvalue weighted by molar-refractivity contribution is -0.125. The molecule has 1 unspecified atom stereocenters.